The molecule has 4 aliphatic heterocycles. The number of hydrogen-bond acceptors (Lipinski definition) is 8. The Hall–Kier alpha value is -0.580. The number of fused-ring (bicyclic) bond motifs is 2. The Bertz CT molecular complexity index is 543. The summed E-state index contributed by atoms with van der Waals surface area (Å²) in [6.07, 6.45) is 4.42. The van der Waals surface area contributed by atoms with Gasteiger partial charge in [0.15, 0.2) is 6.29 Å². The lowest BCUT2D eigenvalue weighted by atomic mass is 9.86. The predicted octanol–water partition coefficient (Wildman–Crippen LogP) is 1.62. The number of allylic oxidation sites excluding steroid dienone is 1. The van der Waals surface area contributed by atoms with Crippen molar-refractivity contribution in [2.24, 2.45) is 0 Å². The van der Waals surface area contributed by atoms with Crippen LogP contribution in [0.5, 0.6) is 0 Å². The van der Waals surface area contributed by atoms with Crippen LogP contribution >= 0.6 is 0 Å². The molecular weight excluding hydrogens is 380 g/mol. The fraction of sp³-hybridized carbons (Fsp3) is 0.905. The van der Waals surface area contributed by atoms with Gasteiger partial charge in [0, 0.05) is 12.8 Å². The van der Waals surface area contributed by atoms with E-state index in [4.69, 9.17) is 28.4 Å². The Morgan fingerprint density at radius 2 is 1.66 bits per heavy atom. The average Bonchev–Trinajstić information content (AvgIpc) is 2.76. The summed E-state index contributed by atoms with van der Waals surface area (Å²) in [5.74, 6) is -2.10. The lowest BCUT2D eigenvalue weighted by Crippen LogP contribution is -2.75. The number of aliphatic hydroxyl groups is 2. The van der Waals surface area contributed by atoms with E-state index in [2.05, 4.69) is 6.58 Å². The quantitative estimate of drug-likeness (QED) is 0.500. The number of rotatable bonds is 6. The van der Waals surface area contributed by atoms with E-state index in [0.717, 1.165) is 38.5 Å². The second-order valence-electron chi connectivity index (χ2n) is 8.30. The first-order valence-electron chi connectivity index (χ1n) is 11.0. The van der Waals surface area contributed by atoms with E-state index in [0.29, 0.717) is 32.7 Å². The summed E-state index contributed by atoms with van der Waals surface area (Å²) in [6, 6.07) is 0. The summed E-state index contributed by atoms with van der Waals surface area (Å²) in [7, 11) is 0. The number of aliphatic hydroxyl groups excluding tert-OH is 2. The molecular formula is C21H34O8. The molecule has 0 aliphatic carbocycles. The average molecular weight is 414 g/mol. The van der Waals surface area contributed by atoms with E-state index in [-0.39, 0.29) is 6.61 Å². The maximum Gasteiger partial charge on any atom is 0.224 e. The fourth-order valence-electron chi connectivity index (χ4n) is 4.83. The highest BCUT2D eigenvalue weighted by molar-refractivity contribution is 5.04. The minimum Gasteiger partial charge on any atom is -0.394 e. The molecule has 4 heterocycles. The zero-order chi connectivity index (χ0) is 20.3. The Kier molecular flexibility index (Phi) is 6.92. The maximum absolute atomic E-state index is 11.0. The minimum atomic E-state index is -1.06. The highest BCUT2D eigenvalue weighted by Gasteiger charge is 2.67. The maximum atomic E-state index is 11.0. The van der Waals surface area contributed by atoms with E-state index in [1.165, 1.54) is 0 Å². The van der Waals surface area contributed by atoms with E-state index < -0.39 is 42.3 Å². The van der Waals surface area contributed by atoms with E-state index >= 15 is 0 Å². The molecule has 29 heavy (non-hydrogen) atoms. The standard InChI is InChI=1S/C21H34O8/c1-2-3-6-11-24-19-16(23)18-17(15(14-22)27-19)28-20(9-4-7-12-25-20)21(29-18)10-5-8-13-26-21/h2,15-19,22-23H,1,3-14H2/t15-,16-,17-,18-,19-,20+,21+/m1/s1. The third-order valence-corrected chi connectivity index (χ3v) is 6.33. The Morgan fingerprint density at radius 3 is 2.21 bits per heavy atom. The summed E-state index contributed by atoms with van der Waals surface area (Å²) in [4.78, 5) is 0. The van der Waals surface area contributed by atoms with Crippen LogP contribution in [0, 0.1) is 0 Å². The van der Waals surface area contributed by atoms with Crippen LogP contribution in [0.4, 0.5) is 0 Å². The minimum absolute atomic E-state index is 0.270. The number of ether oxygens (including phenoxy) is 6. The third-order valence-electron chi connectivity index (χ3n) is 6.33. The van der Waals surface area contributed by atoms with Gasteiger partial charge in [0.2, 0.25) is 11.6 Å². The first kappa shape index (κ1) is 21.6. The molecule has 4 fully saturated rings. The van der Waals surface area contributed by atoms with Gasteiger partial charge >= 0.3 is 0 Å². The lowest BCUT2D eigenvalue weighted by Gasteiger charge is -2.60. The topological polar surface area (TPSA) is 95.8 Å². The molecule has 0 aromatic heterocycles. The van der Waals surface area contributed by atoms with Crippen LogP contribution < -0.4 is 0 Å². The molecule has 0 bridgehead atoms. The molecule has 8 heteroatoms. The van der Waals surface area contributed by atoms with Crippen molar-refractivity contribution in [3.05, 3.63) is 12.7 Å². The van der Waals surface area contributed by atoms with Crippen molar-refractivity contribution < 1.29 is 38.6 Å². The van der Waals surface area contributed by atoms with Crippen molar-refractivity contribution in [3.8, 4) is 0 Å². The first-order chi connectivity index (χ1) is 14.1. The molecule has 7 atom stereocenters. The fourth-order valence-corrected chi connectivity index (χ4v) is 4.83. The van der Waals surface area contributed by atoms with Gasteiger partial charge in [-0.3, -0.25) is 0 Å². The molecule has 0 aromatic rings. The normalized spacial score (nSPS) is 45.2. The molecule has 166 valence electrons. The molecule has 0 saturated carbocycles. The van der Waals surface area contributed by atoms with Crippen LogP contribution in [0.25, 0.3) is 0 Å². The van der Waals surface area contributed by atoms with Gasteiger partial charge in [0.1, 0.15) is 24.4 Å². The van der Waals surface area contributed by atoms with Crippen molar-refractivity contribution in [3.63, 3.8) is 0 Å². The molecule has 8 nitrogen and oxygen atoms in total. The zero-order valence-corrected chi connectivity index (χ0v) is 17.0. The van der Waals surface area contributed by atoms with Crippen LogP contribution in [0.3, 0.4) is 0 Å². The highest BCUT2D eigenvalue weighted by atomic mass is 16.8. The zero-order valence-electron chi connectivity index (χ0n) is 17.0. The molecule has 0 aromatic carbocycles. The molecule has 0 radical (unpaired) electrons. The number of unbranched alkanes of at least 4 members (excludes halogenated alkanes) is 1. The number of hydrogen-bond donors (Lipinski definition) is 2. The first-order valence-corrected chi connectivity index (χ1v) is 11.0. The molecule has 4 aliphatic rings. The van der Waals surface area contributed by atoms with Crippen LogP contribution in [0.1, 0.15) is 51.4 Å². The Labute approximate surface area is 172 Å². The molecule has 4 rings (SSSR count). The van der Waals surface area contributed by atoms with Crippen LogP contribution in [-0.2, 0) is 28.4 Å². The van der Waals surface area contributed by atoms with Gasteiger partial charge in [-0.15, -0.1) is 6.58 Å². The summed E-state index contributed by atoms with van der Waals surface area (Å²) >= 11 is 0. The summed E-state index contributed by atoms with van der Waals surface area (Å²) in [5, 5.41) is 20.9. The lowest BCUT2D eigenvalue weighted by molar-refractivity contribution is -0.505. The van der Waals surface area contributed by atoms with Crippen LogP contribution in [0.2, 0.25) is 0 Å². The Balaban J connectivity index is 1.56. The summed E-state index contributed by atoms with van der Waals surface area (Å²) in [6.45, 7) is 4.97. The monoisotopic (exact) mass is 414 g/mol. The van der Waals surface area contributed by atoms with Gasteiger partial charge in [0.25, 0.3) is 0 Å². The largest absolute Gasteiger partial charge is 0.394 e. The van der Waals surface area contributed by atoms with Crippen molar-refractivity contribution in [1.82, 2.24) is 0 Å². The second-order valence-corrected chi connectivity index (χ2v) is 8.30. The van der Waals surface area contributed by atoms with Gasteiger partial charge in [-0.2, -0.15) is 0 Å². The smallest absolute Gasteiger partial charge is 0.224 e. The van der Waals surface area contributed by atoms with Gasteiger partial charge in [-0.1, -0.05) is 6.08 Å². The third kappa shape index (κ3) is 4.02. The van der Waals surface area contributed by atoms with Crippen molar-refractivity contribution in [2.75, 3.05) is 26.4 Å². The van der Waals surface area contributed by atoms with E-state index in [9.17, 15) is 10.2 Å². The van der Waals surface area contributed by atoms with Crippen molar-refractivity contribution >= 4 is 0 Å². The van der Waals surface area contributed by atoms with Crippen LogP contribution in [-0.4, -0.2) is 78.9 Å². The van der Waals surface area contributed by atoms with Gasteiger partial charge in [-0.05, 0) is 38.5 Å². The van der Waals surface area contributed by atoms with Gasteiger partial charge in [-0.25, -0.2) is 0 Å². The van der Waals surface area contributed by atoms with Crippen molar-refractivity contribution in [2.45, 2.75) is 93.6 Å². The van der Waals surface area contributed by atoms with E-state index in [1.807, 2.05) is 6.08 Å². The molecule has 4 saturated heterocycles. The van der Waals surface area contributed by atoms with Gasteiger partial charge < -0.3 is 38.6 Å². The van der Waals surface area contributed by atoms with E-state index in [1.54, 1.807) is 0 Å². The van der Waals surface area contributed by atoms with Gasteiger partial charge in [0.05, 0.1) is 26.4 Å². The Morgan fingerprint density at radius 1 is 1.00 bits per heavy atom. The molecule has 0 amide bonds. The second kappa shape index (κ2) is 9.28. The summed E-state index contributed by atoms with van der Waals surface area (Å²) < 4.78 is 36.9. The molecule has 0 unspecified atom stereocenters. The summed E-state index contributed by atoms with van der Waals surface area (Å²) in [5.41, 5.74) is 0. The molecule has 2 N–H and O–H groups in total. The molecule has 2 spiro atoms. The van der Waals surface area contributed by atoms with Crippen LogP contribution in [0.15, 0.2) is 12.7 Å². The SMILES string of the molecule is C=CCCCO[C@@H]1O[C@H](CO)[C@H]2O[C@@]3(CCCCO3)[C@]3(CCCCO3)O[C@@H]2[C@H]1O. The van der Waals surface area contributed by atoms with Crippen molar-refractivity contribution in [1.29, 1.82) is 0 Å². The predicted molar refractivity (Wildman–Crippen MR) is 102 cm³/mol. The highest BCUT2D eigenvalue weighted by Crippen LogP contribution is 2.51.